The Hall–Kier alpha value is -1.02. The molecule has 1 saturated carbocycles. The molecule has 0 bridgehead atoms. The highest BCUT2D eigenvalue weighted by Gasteiger charge is 2.21. The summed E-state index contributed by atoms with van der Waals surface area (Å²) in [5.41, 5.74) is 2.99. The Labute approximate surface area is 114 Å². The fourth-order valence-electron chi connectivity index (χ4n) is 2.70. The number of halogens is 1. The molecule has 1 aliphatic rings. The van der Waals surface area contributed by atoms with Crippen molar-refractivity contribution in [1.29, 1.82) is 0 Å². The van der Waals surface area contributed by atoms with Crippen LogP contribution in [0.25, 0.3) is 0 Å². The van der Waals surface area contributed by atoms with E-state index in [4.69, 9.17) is 11.6 Å². The molecule has 0 saturated heterocycles. The average Bonchev–Trinajstić information content (AvgIpc) is 2.34. The third-order valence-corrected chi connectivity index (χ3v) is 3.94. The first-order valence-corrected chi connectivity index (χ1v) is 7.03. The number of aryl methyl sites for hydroxylation is 2. The van der Waals surface area contributed by atoms with Crippen LogP contribution < -0.4 is 5.32 Å². The summed E-state index contributed by atoms with van der Waals surface area (Å²) in [7, 11) is 0. The Bertz CT molecular complexity index is 427. The van der Waals surface area contributed by atoms with E-state index in [0.717, 1.165) is 34.7 Å². The highest BCUT2D eigenvalue weighted by atomic mass is 35.5. The largest absolute Gasteiger partial charge is 0.325 e. The lowest BCUT2D eigenvalue weighted by Crippen LogP contribution is -2.25. The standard InChI is InChI=1S/C15H20ClNO/c1-10-8-13(16)9-11(2)14(10)17-15(18)12-6-4-3-5-7-12/h8-9,12H,3-7H2,1-2H3,(H,17,18). The molecule has 1 amide bonds. The van der Waals surface area contributed by atoms with Crippen LogP contribution in [0.2, 0.25) is 5.02 Å². The normalized spacial score (nSPS) is 16.6. The molecule has 0 radical (unpaired) electrons. The summed E-state index contributed by atoms with van der Waals surface area (Å²) < 4.78 is 0. The van der Waals surface area contributed by atoms with E-state index in [1.807, 2.05) is 26.0 Å². The SMILES string of the molecule is Cc1cc(Cl)cc(C)c1NC(=O)C1CCCCC1. The van der Waals surface area contributed by atoms with Gasteiger partial charge in [0.1, 0.15) is 0 Å². The fraction of sp³-hybridized carbons (Fsp3) is 0.533. The number of nitrogens with one attached hydrogen (secondary N) is 1. The molecule has 1 fully saturated rings. The van der Waals surface area contributed by atoms with E-state index in [1.165, 1.54) is 19.3 Å². The second-order valence-electron chi connectivity index (χ2n) is 5.24. The Morgan fingerprint density at radius 1 is 1.17 bits per heavy atom. The highest BCUT2D eigenvalue weighted by Crippen LogP contribution is 2.28. The molecule has 18 heavy (non-hydrogen) atoms. The first-order chi connectivity index (χ1) is 8.58. The van der Waals surface area contributed by atoms with Crippen LogP contribution in [0.4, 0.5) is 5.69 Å². The van der Waals surface area contributed by atoms with Crippen LogP contribution in [0.15, 0.2) is 12.1 Å². The number of carbonyl (C=O) groups is 1. The Kier molecular flexibility index (Phi) is 4.28. The first kappa shape index (κ1) is 13.4. The van der Waals surface area contributed by atoms with Crippen LogP contribution in [-0.2, 0) is 4.79 Å². The van der Waals surface area contributed by atoms with Crippen molar-refractivity contribution in [2.24, 2.45) is 5.92 Å². The molecule has 2 rings (SSSR count). The maximum atomic E-state index is 12.2. The number of hydrogen-bond acceptors (Lipinski definition) is 1. The van der Waals surface area contributed by atoms with Gasteiger partial charge in [-0.15, -0.1) is 0 Å². The van der Waals surface area contributed by atoms with Gasteiger partial charge in [-0.05, 0) is 49.9 Å². The summed E-state index contributed by atoms with van der Waals surface area (Å²) in [4.78, 5) is 12.2. The second-order valence-corrected chi connectivity index (χ2v) is 5.68. The zero-order valence-corrected chi connectivity index (χ0v) is 11.8. The molecule has 0 spiro atoms. The Balaban J connectivity index is 2.11. The number of anilines is 1. The quantitative estimate of drug-likeness (QED) is 0.840. The zero-order valence-electron chi connectivity index (χ0n) is 11.1. The molecule has 1 aromatic carbocycles. The summed E-state index contributed by atoms with van der Waals surface area (Å²) >= 11 is 5.99. The fourth-order valence-corrected chi connectivity index (χ4v) is 3.03. The van der Waals surface area contributed by atoms with E-state index in [-0.39, 0.29) is 11.8 Å². The minimum Gasteiger partial charge on any atom is -0.325 e. The van der Waals surface area contributed by atoms with Crippen molar-refractivity contribution in [2.45, 2.75) is 46.0 Å². The van der Waals surface area contributed by atoms with Gasteiger partial charge in [-0.1, -0.05) is 30.9 Å². The average molecular weight is 266 g/mol. The summed E-state index contributed by atoms with van der Waals surface area (Å²) in [6.07, 6.45) is 5.67. The summed E-state index contributed by atoms with van der Waals surface area (Å²) in [6.45, 7) is 3.96. The van der Waals surface area contributed by atoms with E-state index >= 15 is 0 Å². The van der Waals surface area contributed by atoms with Crippen molar-refractivity contribution >= 4 is 23.2 Å². The van der Waals surface area contributed by atoms with Crippen LogP contribution >= 0.6 is 11.6 Å². The summed E-state index contributed by atoms with van der Waals surface area (Å²) in [5, 5.41) is 3.80. The molecule has 0 atom stereocenters. The second kappa shape index (κ2) is 5.75. The maximum absolute atomic E-state index is 12.2. The lowest BCUT2D eigenvalue weighted by atomic mass is 9.88. The molecule has 0 aliphatic heterocycles. The lowest BCUT2D eigenvalue weighted by Gasteiger charge is -2.22. The van der Waals surface area contributed by atoms with Gasteiger partial charge in [0.25, 0.3) is 0 Å². The molecular weight excluding hydrogens is 246 g/mol. The first-order valence-electron chi connectivity index (χ1n) is 6.65. The molecule has 1 aliphatic carbocycles. The minimum absolute atomic E-state index is 0.170. The highest BCUT2D eigenvalue weighted by molar-refractivity contribution is 6.30. The van der Waals surface area contributed by atoms with Crippen molar-refractivity contribution in [1.82, 2.24) is 0 Å². The number of amides is 1. The van der Waals surface area contributed by atoms with Crippen LogP contribution in [0.1, 0.15) is 43.2 Å². The number of hydrogen-bond donors (Lipinski definition) is 1. The van der Waals surface area contributed by atoms with Gasteiger partial charge >= 0.3 is 0 Å². The van der Waals surface area contributed by atoms with Gasteiger partial charge in [0.05, 0.1) is 0 Å². The number of rotatable bonds is 2. The minimum atomic E-state index is 0.170. The Morgan fingerprint density at radius 2 is 1.72 bits per heavy atom. The van der Waals surface area contributed by atoms with Gasteiger partial charge in [0, 0.05) is 16.6 Å². The van der Waals surface area contributed by atoms with Crippen molar-refractivity contribution in [3.05, 3.63) is 28.3 Å². The van der Waals surface area contributed by atoms with Crippen LogP contribution in [0.3, 0.4) is 0 Å². The molecule has 0 unspecified atom stereocenters. The predicted octanol–water partition coefficient (Wildman–Crippen LogP) is 4.48. The molecule has 1 aromatic rings. The summed E-state index contributed by atoms with van der Waals surface area (Å²) in [6, 6.07) is 3.79. The van der Waals surface area contributed by atoms with Gasteiger partial charge in [-0.3, -0.25) is 4.79 Å². The van der Waals surface area contributed by atoms with E-state index in [9.17, 15) is 4.79 Å². The molecular formula is C15H20ClNO. The summed E-state index contributed by atoms with van der Waals surface area (Å²) in [5.74, 6) is 0.358. The predicted molar refractivity (Wildman–Crippen MR) is 76.1 cm³/mol. The van der Waals surface area contributed by atoms with Gasteiger partial charge in [0.15, 0.2) is 0 Å². The molecule has 0 heterocycles. The topological polar surface area (TPSA) is 29.1 Å². The monoisotopic (exact) mass is 265 g/mol. The van der Waals surface area contributed by atoms with Crippen molar-refractivity contribution in [3.8, 4) is 0 Å². The zero-order chi connectivity index (χ0) is 13.1. The van der Waals surface area contributed by atoms with Crippen molar-refractivity contribution in [3.63, 3.8) is 0 Å². The Morgan fingerprint density at radius 3 is 2.28 bits per heavy atom. The molecule has 98 valence electrons. The van der Waals surface area contributed by atoms with E-state index in [2.05, 4.69) is 5.32 Å². The van der Waals surface area contributed by atoms with E-state index in [1.54, 1.807) is 0 Å². The van der Waals surface area contributed by atoms with Crippen LogP contribution in [0.5, 0.6) is 0 Å². The maximum Gasteiger partial charge on any atom is 0.227 e. The smallest absolute Gasteiger partial charge is 0.227 e. The number of benzene rings is 1. The van der Waals surface area contributed by atoms with Gasteiger partial charge in [-0.2, -0.15) is 0 Å². The van der Waals surface area contributed by atoms with E-state index < -0.39 is 0 Å². The van der Waals surface area contributed by atoms with Gasteiger partial charge in [-0.25, -0.2) is 0 Å². The third-order valence-electron chi connectivity index (χ3n) is 3.72. The molecule has 0 aromatic heterocycles. The molecule has 3 heteroatoms. The van der Waals surface area contributed by atoms with Crippen LogP contribution in [0, 0.1) is 19.8 Å². The lowest BCUT2D eigenvalue weighted by molar-refractivity contribution is -0.120. The molecule has 2 nitrogen and oxygen atoms in total. The van der Waals surface area contributed by atoms with Crippen molar-refractivity contribution in [2.75, 3.05) is 5.32 Å². The van der Waals surface area contributed by atoms with Crippen LogP contribution in [-0.4, -0.2) is 5.91 Å². The molecule has 1 N–H and O–H groups in total. The van der Waals surface area contributed by atoms with Crippen molar-refractivity contribution < 1.29 is 4.79 Å². The number of carbonyl (C=O) groups excluding carboxylic acids is 1. The van der Waals surface area contributed by atoms with E-state index in [0.29, 0.717) is 0 Å². The third kappa shape index (κ3) is 3.05. The van der Waals surface area contributed by atoms with Gasteiger partial charge in [0.2, 0.25) is 5.91 Å². The van der Waals surface area contributed by atoms with Gasteiger partial charge < -0.3 is 5.32 Å².